The number of aryl methyl sites for hydroxylation is 1. The molecule has 0 saturated heterocycles. The second kappa shape index (κ2) is 5.03. The summed E-state index contributed by atoms with van der Waals surface area (Å²) in [5.41, 5.74) is 2.02. The van der Waals surface area contributed by atoms with Crippen molar-refractivity contribution in [3.05, 3.63) is 81.0 Å². The van der Waals surface area contributed by atoms with Gasteiger partial charge >= 0.3 is 0 Å². The molecule has 4 rings (SSSR count). The maximum atomic E-state index is 13.5. The lowest BCUT2D eigenvalue weighted by molar-refractivity contribution is 0.0771. The van der Waals surface area contributed by atoms with E-state index in [2.05, 4.69) is 0 Å². The van der Waals surface area contributed by atoms with Gasteiger partial charge in [-0.2, -0.15) is 0 Å². The maximum absolute atomic E-state index is 13.5. The Kier molecular flexibility index (Phi) is 3.06. The number of carbonyl (C=O) groups is 1. The Morgan fingerprint density at radius 3 is 2.50 bits per heavy atom. The van der Waals surface area contributed by atoms with Crippen LogP contribution < -0.4 is 5.43 Å². The van der Waals surface area contributed by atoms with Crippen LogP contribution in [0.5, 0.6) is 0 Å². The zero-order chi connectivity index (χ0) is 17.0. The van der Waals surface area contributed by atoms with Crippen LogP contribution in [0, 0.1) is 12.7 Å². The van der Waals surface area contributed by atoms with Crippen LogP contribution in [-0.4, -0.2) is 17.9 Å². The fourth-order valence-electron chi connectivity index (χ4n) is 3.20. The third-order valence-electron chi connectivity index (χ3n) is 4.46. The van der Waals surface area contributed by atoms with Crippen molar-refractivity contribution >= 4 is 16.9 Å². The first-order valence-corrected chi connectivity index (χ1v) is 7.57. The van der Waals surface area contributed by atoms with Crippen LogP contribution in [0.4, 0.5) is 4.39 Å². The van der Waals surface area contributed by atoms with Crippen molar-refractivity contribution in [1.29, 1.82) is 0 Å². The average molecular weight is 323 g/mol. The average Bonchev–Trinajstić information content (AvgIpc) is 2.82. The lowest BCUT2D eigenvalue weighted by Crippen LogP contribution is -2.25. The molecule has 1 atom stereocenters. The van der Waals surface area contributed by atoms with Crippen LogP contribution in [0.3, 0.4) is 0 Å². The fourth-order valence-corrected chi connectivity index (χ4v) is 3.20. The molecule has 3 aromatic rings. The Bertz CT molecular complexity index is 1040. The van der Waals surface area contributed by atoms with Crippen molar-refractivity contribution < 1.29 is 13.6 Å². The number of fused-ring (bicyclic) bond motifs is 2. The maximum Gasteiger partial charge on any atom is 0.290 e. The van der Waals surface area contributed by atoms with Crippen LogP contribution in [0.2, 0.25) is 0 Å². The molecular weight excluding hydrogens is 309 g/mol. The van der Waals surface area contributed by atoms with Gasteiger partial charge in [-0.25, -0.2) is 4.39 Å². The van der Waals surface area contributed by atoms with Gasteiger partial charge in [0.1, 0.15) is 11.4 Å². The summed E-state index contributed by atoms with van der Waals surface area (Å²) in [5, 5.41) is 0.147. The molecule has 0 unspecified atom stereocenters. The molecule has 0 aliphatic carbocycles. The fraction of sp³-hybridized carbons (Fsp3) is 0.158. The second-order valence-corrected chi connectivity index (χ2v) is 6.04. The highest BCUT2D eigenvalue weighted by Crippen LogP contribution is 2.36. The molecule has 2 heterocycles. The van der Waals surface area contributed by atoms with Gasteiger partial charge in [0.05, 0.1) is 17.0 Å². The van der Waals surface area contributed by atoms with Crippen LogP contribution in [0.15, 0.2) is 51.7 Å². The summed E-state index contributed by atoms with van der Waals surface area (Å²) in [6.07, 6.45) is 0. The van der Waals surface area contributed by atoms with Gasteiger partial charge < -0.3 is 9.32 Å². The minimum absolute atomic E-state index is 0.0344. The van der Waals surface area contributed by atoms with Crippen LogP contribution in [0.25, 0.3) is 11.0 Å². The summed E-state index contributed by atoms with van der Waals surface area (Å²) in [5.74, 6) is -0.828. The van der Waals surface area contributed by atoms with E-state index in [0.717, 1.165) is 17.2 Å². The molecule has 24 heavy (non-hydrogen) atoms. The molecule has 4 nitrogen and oxygen atoms in total. The Labute approximate surface area is 137 Å². The number of halogens is 1. The smallest absolute Gasteiger partial charge is 0.290 e. The highest BCUT2D eigenvalue weighted by molar-refractivity contribution is 5.98. The van der Waals surface area contributed by atoms with Crippen LogP contribution in [-0.2, 0) is 0 Å². The van der Waals surface area contributed by atoms with Gasteiger partial charge in [-0.15, -0.1) is 0 Å². The van der Waals surface area contributed by atoms with E-state index in [0.29, 0.717) is 0 Å². The zero-order valence-electron chi connectivity index (χ0n) is 13.2. The monoisotopic (exact) mass is 323 g/mol. The molecule has 0 N–H and O–H groups in total. The minimum atomic E-state index is -0.531. The summed E-state index contributed by atoms with van der Waals surface area (Å²) in [7, 11) is 1.63. The van der Waals surface area contributed by atoms with E-state index >= 15 is 0 Å². The molecule has 1 amide bonds. The predicted molar refractivity (Wildman–Crippen MR) is 87.6 cm³/mol. The molecule has 1 aliphatic heterocycles. The summed E-state index contributed by atoms with van der Waals surface area (Å²) in [6, 6.07) is 10.8. The number of nitrogens with zero attached hydrogens (tertiary/aromatic N) is 1. The van der Waals surface area contributed by atoms with E-state index in [1.807, 2.05) is 31.2 Å². The summed E-state index contributed by atoms with van der Waals surface area (Å²) >= 11 is 0. The molecule has 0 saturated carbocycles. The highest BCUT2D eigenvalue weighted by atomic mass is 19.1. The van der Waals surface area contributed by atoms with E-state index in [4.69, 9.17) is 4.42 Å². The van der Waals surface area contributed by atoms with Crippen molar-refractivity contribution in [3.63, 3.8) is 0 Å². The topological polar surface area (TPSA) is 50.5 Å². The van der Waals surface area contributed by atoms with Gasteiger partial charge in [-0.1, -0.05) is 29.8 Å². The normalized spacial score (nSPS) is 16.7. The molecule has 2 aromatic carbocycles. The lowest BCUT2D eigenvalue weighted by atomic mass is 9.98. The molecule has 120 valence electrons. The quantitative estimate of drug-likeness (QED) is 0.689. The predicted octanol–water partition coefficient (Wildman–Crippen LogP) is 3.42. The second-order valence-electron chi connectivity index (χ2n) is 6.04. The standard InChI is InChI=1S/C19H14FNO3/c1-10-3-5-11(6-4-10)16-15-17(22)13-9-12(20)7-8-14(13)24-18(15)19(23)21(16)2/h3-9,16H,1-2H3/t16-/m0/s1. The van der Waals surface area contributed by atoms with Gasteiger partial charge in [0.2, 0.25) is 5.76 Å². The molecule has 0 radical (unpaired) electrons. The number of amides is 1. The van der Waals surface area contributed by atoms with Crippen LogP contribution in [0.1, 0.15) is 33.3 Å². The van der Waals surface area contributed by atoms with Gasteiger partial charge in [-0.3, -0.25) is 9.59 Å². The van der Waals surface area contributed by atoms with E-state index in [9.17, 15) is 14.0 Å². The number of hydrogen-bond donors (Lipinski definition) is 0. The summed E-state index contributed by atoms with van der Waals surface area (Å²) in [6.45, 7) is 1.96. The highest BCUT2D eigenvalue weighted by Gasteiger charge is 2.40. The summed E-state index contributed by atoms with van der Waals surface area (Å²) in [4.78, 5) is 26.9. The van der Waals surface area contributed by atoms with Gasteiger partial charge in [0, 0.05) is 7.05 Å². The van der Waals surface area contributed by atoms with Crippen molar-refractivity contribution in [1.82, 2.24) is 4.90 Å². The van der Waals surface area contributed by atoms with E-state index in [1.165, 1.54) is 17.0 Å². The Morgan fingerprint density at radius 2 is 1.79 bits per heavy atom. The SMILES string of the molecule is Cc1ccc([C@H]2c3c(oc4ccc(F)cc4c3=O)C(=O)N2C)cc1. The first-order valence-electron chi connectivity index (χ1n) is 7.57. The molecule has 0 bridgehead atoms. The van der Waals surface area contributed by atoms with Gasteiger partial charge in [0.15, 0.2) is 5.43 Å². The van der Waals surface area contributed by atoms with E-state index < -0.39 is 11.9 Å². The van der Waals surface area contributed by atoms with Crippen molar-refractivity contribution in [2.75, 3.05) is 7.05 Å². The zero-order valence-corrected chi connectivity index (χ0v) is 13.2. The number of carbonyl (C=O) groups excluding carboxylic acids is 1. The first kappa shape index (κ1) is 14.6. The van der Waals surface area contributed by atoms with Crippen LogP contribution >= 0.6 is 0 Å². The minimum Gasteiger partial charge on any atom is -0.450 e. The third-order valence-corrected chi connectivity index (χ3v) is 4.46. The molecular formula is C19H14FNO3. The van der Waals surface area contributed by atoms with E-state index in [-0.39, 0.29) is 33.6 Å². The number of rotatable bonds is 1. The van der Waals surface area contributed by atoms with Crippen molar-refractivity contribution in [2.45, 2.75) is 13.0 Å². The molecule has 1 aliphatic rings. The molecule has 0 spiro atoms. The third kappa shape index (κ3) is 1.98. The number of hydrogen-bond acceptors (Lipinski definition) is 3. The summed E-state index contributed by atoms with van der Waals surface area (Å²) < 4.78 is 19.2. The number of benzene rings is 2. The van der Waals surface area contributed by atoms with Gasteiger partial charge in [-0.05, 0) is 30.7 Å². The van der Waals surface area contributed by atoms with E-state index in [1.54, 1.807) is 7.05 Å². The Hall–Kier alpha value is -2.95. The van der Waals surface area contributed by atoms with Gasteiger partial charge in [0.25, 0.3) is 5.91 Å². The molecule has 1 aromatic heterocycles. The first-order chi connectivity index (χ1) is 11.5. The Balaban J connectivity index is 2.03. The largest absolute Gasteiger partial charge is 0.450 e. The lowest BCUT2D eigenvalue weighted by Gasteiger charge is -2.20. The molecule has 0 fully saturated rings. The van der Waals surface area contributed by atoms with Crippen molar-refractivity contribution in [2.24, 2.45) is 0 Å². The Morgan fingerprint density at radius 1 is 1.08 bits per heavy atom. The van der Waals surface area contributed by atoms with Crippen molar-refractivity contribution in [3.8, 4) is 0 Å². The molecule has 5 heteroatoms.